The number of benzene rings is 1. The van der Waals surface area contributed by atoms with Gasteiger partial charge in [-0.2, -0.15) is 0 Å². The van der Waals surface area contributed by atoms with Crippen molar-refractivity contribution in [1.29, 1.82) is 0 Å². The van der Waals surface area contributed by atoms with Crippen molar-refractivity contribution in [2.24, 2.45) is 5.92 Å². The molecule has 1 saturated carbocycles. The molecule has 0 spiro atoms. The van der Waals surface area contributed by atoms with E-state index in [0.29, 0.717) is 19.1 Å². The molecule has 1 aliphatic heterocycles. The van der Waals surface area contributed by atoms with Crippen molar-refractivity contribution in [3.8, 4) is 5.75 Å². The van der Waals surface area contributed by atoms with E-state index in [1.54, 1.807) is 0 Å². The lowest BCUT2D eigenvalue weighted by Crippen LogP contribution is -2.48. The molecule has 1 aromatic rings. The highest BCUT2D eigenvalue weighted by Gasteiger charge is 2.42. The molecule has 1 heterocycles. The van der Waals surface area contributed by atoms with Crippen LogP contribution in [0.3, 0.4) is 0 Å². The van der Waals surface area contributed by atoms with E-state index in [0.717, 1.165) is 37.2 Å². The molecule has 150 valence electrons. The zero-order valence-electron chi connectivity index (χ0n) is 16.8. The summed E-state index contributed by atoms with van der Waals surface area (Å²) in [4.78, 5) is 15.4. The summed E-state index contributed by atoms with van der Waals surface area (Å²) in [5.41, 5.74) is 0.112. The normalized spacial score (nSPS) is 26.1. The van der Waals surface area contributed by atoms with Crippen molar-refractivity contribution < 1.29 is 14.3 Å². The van der Waals surface area contributed by atoms with Gasteiger partial charge in [-0.1, -0.05) is 13.3 Å². The van der Waals surface area contributed by atoms with Crippen molar-refractivity contribution in [2.75, 3.05) is 38.2 Å². The molecule has 1 saturated heterocycles. The molecule has 3 rings (SSSR count). The fraction of sp³-hybridized carbons (Fsp3) is 0.682. The van der Waals surface area contributed by atoms with Gasteiger partial charge in [0.15, 0.2) is 0 Å². The van der Waals surface area contributed by atoms with Crippen LogP contribution in [0.2, 0.25) is 0 Å². The summed E-state index contributed by atoms with van der Waals surface area (Å²) in [5.74, 6) is 1.35. The van der Waals surface area contributed by atoms with Crippen molar-refractivity contribution in [1.82, 2.24) is 4.90 Å². The van der Waals surface area contributed by atoms with Gasteiger partial charge in [-0.3, -0.25) is 9.69 Å². The molecule has 0 unspecified atom stereocenters. The highest BCUT2D eigenvalue weighted by molar-refractivity contribution is 5.97. The molecule has 5 heteroatoms. The Morgan fingerprint density at radius 1 is 1.22 bits per heavy atom. The minimum Gasteiger partial charge on any atom is -0.492 e. The van der Waals surface area contributed by atoms with E-state index in [2.05, 4.69) is 17.1 Å². The predicted octanol–water partition coefficient (Wildman–Crippen LogP) is 4.09. The lowest BCUT2D eigenvalue weighted by molar-refractivity contribution is -0.147. The Kier molecular flexibility index (Phi) is 7.13. The largest absolute Gasteiger partial charge is 0.492 e. The maximum absolute atomic E-state index is 13.0. The molecular formula is C22H34N2O3. The van der Waals surface area contributed by atoms with Crippen LogP contribution in [0.4, 0.5) is 5.69 Å². The van der Waals surface area contributed by atoms with Crippen LogP contribution in [0.25, 0.3) is 0 Å². The monoisotopic (exact) mass is 374 g/mol. The Morgan fingerprint density at radius 2 is 1.96 bits per heavy atom. The molecule has 1 N–H and O–H groups in total. The quantitative estimate of drug-likeness (QED) is 0.745. The smallest absolute Gasteiger partial charge is 0.256 e. The molecule has 2 fully saturated rings. The highest BCUT2D eigenvalue weighted by Crippen LogP contribution is 2.36. The van der Waals surface area contributed by atoms with E-state index in [1.807, 2.05) is 31.2 Å². The third kappa shape index (κ3) is 5.45. The maximum atomic E-state index is 13.0. The third-order valence-electron chi connectivity index (χ3n) is 5.78. The van der Waals surface area contributed by atoms with Crippen LogP contribution >= 0.6 is 0 Å². The molecule has 1 aliphatic carbocycles. The number of nitrogens with one attached hydrogen (secondary N) is 1. The number of carbonyl (C=O) groups excluding carboxylic acids is 1. The maximum Gasteiger partial charge on any atom is 0.256 e. The molecular weight excluding hydrogens is 340 g/mol. The number of rotatable bonds is 8. The first-order valence-corrected chi connectivity index (χ1v) is 10.5. The van der Waals surface area contributed by atoms with Crippen LogP contribution < -0.4 is 10.1 Å². The summed E-state index contributed by atoms with van der Waals surface area (Å²) in [6.45, 7) is 8.79. The first kappa shape index (κ1) is 20.2. The Balaban J connectivity index is 1.52. The van der Waals surface area contributed by atoms with Gasteiger partial charge < -0.3 is 14.8 Å². The number of hydrogen-bond acceptors (Lipinski definition) is 4. The van der Waals surface area contributed by atoms with Crippen LogP contribution in [-0.4, -0.2) is 49.3 Å². The average Bonchev–Trinajstić information content (AvgIpc) is 3.17. The Labute approximate surface area is 163 Å². The lowest BCUT2D eigenvalue weighted by atomic mass is 9.78. The third-order valence-corrected chi connectivity index (χ3v) is 5.78. The first-order valence-electron chi connectivity index (χ1n) is 10.5. The number of likely N-dealkylation sites (tertiary alicyclic amines) is 1. The molecule has 0 bridgehead atoms. The van der Waals surface area contributed by atoms with Crippen molar-refractivity contribution in [2.45, 2.75) is 58.0 Å². The van der Waals surface area contributed by atoms with Crippen LogP contribution in [0, 0.1) is 5.92 Å². The average molecular weight is 375 g/mol. The minimum absolute atomic E-state index is 0.0152. The number of amides is 1. The molecule has 1 aromatic carbocycles. The van der Waals surface area contributed by atoms with E-state index in [-0.39, 0.29) is 5.91 Å². The van der Waals surface area contributed by atoms with Crippen molar-refractivity contribution in [3.63, 3.8) is 0 Å². The Bertz CT molecular complexity index is 594. The zero-order chi connectivity index (χ0) is 19.1. The van der Waals surface area contributed by atoms with Gasteiger partial charge in [-0.15, -0.1) is 0 Å². The van der Waals surface area contributed by atoms with E-state index in [4.69, 9.17) is 9.47 Å². The SMILES string of the molecule is CCO[C@]1(C(=O)Nc2ccc(OCCN3CCCC3)cc2)CCC[C@H](C)C1. The van der Waals surface area contributed by atoms with Crippen LogP contribution in [0.15, 0.2) is 24.3 Å². The molecule has 0 radical (unpaired) electrons. The number of anilines is 1. The topological polar surface area (TPSA) is 50.8 Å². The molecule has 2 aliphatic rings. The van der Waals surface area contributed by atoms with Crippen LogP contribution in [0.1, 0.15) is 52.4 Å². The van der Waals surface area contributed by atoms with Gasteiger partial charge in [0.1, 0.15) is 18.0 Å². The summed E-state index contributed by atoms with van der Waals surface area (Å²) < 4.78 is 11.8. The van der Waals surface area contributed by atoms with Crippen molar-refractivity contribution >= 4 is 11.6 Å². The van der Waals surface area contributed by atoms with Gasteiger partial charge in [0.05, 0.1) is 0 Å². The van der Waals surface area contributed by atoms with Gasteiger partial charge in [0.2, 0.25) is 0 Å². The number of carbonyl (C=O) groups is 1. The van der Waals surface area contributed by atoms with Crippen molar-refractivity contribution in [3.05, 3.63) is 24.3 Å². The Morgan fingerprint density at radius 3 is 2.63 bits per heavy atom. The van der Waals surface area contributed by atoms with E-state index in [9.17, 15) is 4.79 Å². The van der Waals surface area contributed by atoms with Crippen LogP contribution in [0.5, 0.6) is 5.75 Å². The molecule has 2 atom stereocenters. The van der Waals surface area contributed by atoms with Gasteiger partial charge in [-0.05, 0) is 82.3 Å². The fourth-order valence-electron chi connectivity index (χ4n) is 4.36. The Hall–Kier alpha value is -1.59. The number of ether oxygens (including phenoxy) is 2. The van der Waals surface area contributed by atoms with E-state index < -0.39 is 5.60 Å². The second-order valence-electron chi connectivity index (χ2n) is 8.00. The zero-order valence-corrected chi connectivity index (χ0v) is 16.8. The summed E-state index contributed by atoms with van der Waals surface area (Å²) in [7, 11) is 0. The summed E-state index contributed by atoms with van der Waals surface area (Å²) in [6, 6.07) is 7.68. The van der Waals surface area contributed by atoms with E-state index in [1.165, 1.54) is 32.4 Å². The van der Waals surface area contributed by atoms with Gasteiger partial charge >= 0.3 is 0 Å². The summed E-state index contributed by atoms with van der Waals surface area (Å²) in [6.07, 6.45) is 6.41. The van der Waals surface area contributed by atoms with Gasteiger partial charge in [-0.25, -0.2) is 0 Å². The number of hydrogen-bond donors (Lipinski definition) is 1. The second-order valence-corrected chi connectivity index (χ2v) is 8.00. The van der Waals surface area contributed by atoms with E-state index >= 15 is 0 Å². The van der Waals surface area contributed by atoms with Crippen LogP contribution in [-0.2, 0) is 9.53 Å². The summed E-state index contributed by atoms with van der Waals surface area (Å²) >= 11 is 0. The fourth-order valence-corrected chi connectivity index (χ4v) is 4.36. The molecule has 5 nitrogen and oxygen atoms in total. The second kappa shape index (κ2) is 9.56. The van der Waals surface area contributed by atoms with Gasteiger partial charge in [0.25, 0.3) is 5.91 Å². The first-order chi connectivity index (χ1) is 13.1. The highest BCUT2D eigenvalue weighted by atomic mass is 16.5. The molecule has 27 heavy (non-hydrogen) atoms. The molecule has 1 amide bonds. The van der Waals surface area contributed by atoms with Gasteiger partial charge in [0, 0.05) is 18.8 Å². The molecule has 0 aromatic heterocycles. The standard InChI is InChI=1S/C22H34N2O3/c1-3-27-22(12-6-7-18(2)17-22)21(25)23-19-8-10-20(11-9-19)26-16-15-24-13-4-5-14-24/h8-11,18H,3-7,12-17H2,1-2H3,(H,23,25)/t18-,22+/m0/s1. The summed E-state index contributed by atoms with van der Waals surface area (Å²) in [5, 5.41) is 3.06. The minimum atomic E-state index is -0.683. The predicted molar refractivity (Wildman–Crippen MR) is 108 cm³/mol. The number of nitrogens with zero attached hydrogens (tertiary/aromatic N) is 1. The lowest BCUT2D eigenvalue weighted by Gasteiger charge is -2.38.